The Labute approximate surface area is 111 Å². The van der Waals surface area contributed by atoms with Crippen LogP contribution in [0.4, 0.5) is 5.69 Å². The van der Waals surface area contributed by atoms with E-state index in [1.54, 1.807) is 6.07 Å². The monoisotopic (exact) mass is 266 g/mol. The van der Waals surface area contributed by atoms with E-state index in [2.05, 4.69) is 5.32 Å². The molecule has 1 saturated heterocycles. The van der Waals surface area contributed by atoms with Crippen molar-refractivity contribution < 1.29 is 14.4 Å². The van der Waals surface area contributed by atoms with E-state index >= 15 is 0 Å². The molecule has 2 rings (SSSR count). The number of nitrogens with zero attached hydrogens (tertiary/aromatic N) is 1. The molecule has 6 heteroatoms. The maximum absolute atomic E-state index is 10.8. The third-order valence-corrected chi connectivity index (χ3v) is 3.23. The number of benzene rings is 1. The standard InChI is InChI=1S/C13H18N2O4/c1-18-12-5-4-11(15(16)17)7-13(12)19-9-10-3-2-6-14-8-10/h4-5,7,10,14H,2-3,6,8-9H2,1H3/t10-/m0/s1. The lowest BCUT2D eigenvalue weighted by Gasteiger charge is -2.23. The van der Waals surface area contributed by atoms with Crippen LogP contribution in [0.15, 0.2) is 18.2 Å². The highest BCUT2D eigenvalue weighted by molar-refractivity contribution is 5.48. The zero-order valence-corrected chi connectivity index (χ0v) is 10.9. The molecule has 1 fully saturated rings. The van der Waals surface area contributed by atoms with Crippen LogP contribution in [0.25, 0.3) is 0 Å². The molecule has 104 valence electrons. The minimum absolute atomic E-state index is 0.0116. The summed E-state index contributed by atoms with van der Waals surface area (Å²) in [6, 6.07) is 4.38. The van der Waals surface area contributed by atoms with Gasteiger partial charge >= 0.3 is 0 Å². The van der Waals surface area contributed by atoms with Gasteiger partial charge in [-0.15, -0.1) is 0 Å². The van der Waals surface area contributed by atoms with E-state index in [-0.39, 0.29) is 5.69 Å². The molecular formula is C13H18N2O4. The van der Waals surface area contributed by atoms with Crippen LogP contribution in [-0.2, 0) is 0 Å². The molecule has 19 heavy (non-hydrogen) atoms. The number of hydrogen-bond acceptors (Lipinski definition) is 5. The van der Waals surface area contributed by atoms with Crippen LogP contribution in [0.1, 0.15) is 12.8 Å². The van der Waals surface area contributed by atoms with Crippen molar-refractivity contribution in [1.29, 1.82) is 0 Å². The maximum Gasteiger partial charge on any atom is 0.273 e. The molecule has 0 spiro atoms. The van der Waals surface area contributed by atoms with Crippen molar-refractivity contribution in [3.8, 4) is 11.5 Å². The Bertz CT molecular complexity index is 444. The summed E-state index contributed by atoms with van der Waals surface area (Å²) in [7, 11) is 1.52. The third kappa shape index (κ3) is 3.57. The molecule has 6 nitrogen and oxygen atoms in total. The lowest BCUT2D eigenvalue weighted by atomic mass is 10.0. The lowest BCUT2D eigenvalue weighted by molar-refractivity contribution is -0.385. The second-order valence-electron chi connectivity index (χ2n) is 4.62. The first-order chi connectivity index (χ1) is 9.20. The van der Waals surface area contributed by atoms with Crippen LogP contribution < -0.4 is 14.8 Å². The summed E-state index contributed by atoms with van der Waals surface area (Å²) >= 11 is 0. The number of non-ortho nitro benzene ring substituents is 1. The smallest absolute Gasteiger partial charge is 0.273 e. The van der Waals surface area contributed by atoms with E-state index in [1.807, 2.05) is 0 Å². The van der Waals surface area contributed by atoms with Crippen molar-refractivity contribution in [1.82, 2.24) is 5.32 Å². The fourth-order valence-corrected chi connectivity index (χ4v) is 2.17. The summed E-state index contributed by atoms with van der Waals surface area (Å²) in [6.45, 7) is 2.53. The van der Waals surface area contributed by atoms with Crippen LogP contribution >= 0.6 is 0 Å². The number of rotatable bonds is 5. The van der Waals surface area contributed by atoms with Gasteiger partial charge in [0, 0.05) is 18.5 Å². The van der Waals surface area contributed by atoms with Crippen molar-refractivity contribution in [3.05, 3.63) is 28.3 Å². The summed E-state index contributed by atoms with van der Waals surface area (Å²) in [5, 5.41) is 14.1. The Morgan fingerprint density at radius 2 is 2.32 bits per heavy atom. The minimum atomic E-state index is -0.436. The summed E-state index contributed by atoms with van der Waals surface area (Å²) in [5.74, 6) is 1.40. The molecular weight excluding hydrogens is 248 g/mol. The quantitative estimate of drug-likeness (QED) is 0.651. The van der Waals surface area contributed by atoms with Crippen molar-refractivity contribution in [2.75, 3.05) is 26.8 Å². The molecule has 1 aliphatic rings. The Balaban J connectivity index is 2.04. The number of nitro benzene ring substituents is 1. The number of nitro groups is 1. The lowest BCUT2D eigenvalue weighted by Crippen LogP contribution is -2.33. The molecule has 0 bridgehead atoms. The van der Waals surface area contributed by atoms with E-state index in [0.29, 0.717) is 24.0 Å². The van der Waals surface area contributed by atoms with Gasteiger partial charge in [0.2, 0.25) is 0 Å². The summed E-state index contributed by atoms with van der Waals surface area (Å²) in [5.41, 5.74) is 0.0116. The molecule has 1 atom stereocenters. The van der Waals surface area contributed by atoms with Gasteiger partial charge in [-0.05, 0) is 25.5 Å². The summed E-state index contributed by atoms with van der Waals surface area (Å²) in [4.78, 5) is 10.3. The number of ether oxygens (including phenoxy) is 2. The first kappa shape index (κ1) is 13.6. The van der Waals surface area contributed by atoms with Crippen LogP contribution in [0.3, 0.4) is 0 Å². The molecule has 0 aromatic heterocycles. The highest BCUT2D eigenvalue weighted by Gasteiger charge is 2.16. The third-order valence-electron chi connectivity index (χ3n) is 3.23. The molecule has 0 amide bonds. The van der Waals surface area contributed by atoms with Crippen LogP contribution in [-0.4, -0.2) is 31.7 Å². The second kappa shape index (κ2) is 6.38. The Hall–Kier alpha value is -1.82. The molecule has 1 aliphatic heterocycles. The largest absolute Gasteiger partial charge is 0.493 e. The van der Waals surface area contributed by atoms with Gasteiger partial charge < -0.3 is 14.8 Å². The predicted octanol–water partition coefficient (Wildman–Crippen LogP) is 1.98. The van der Waals surface area contributed by atoms with Crippen molar-refractivity contribution in [3.63, 3.8) is 0 Å². The topological polar surface area (TPSA) is 73.6 Å². The predicted molar refractivity (Wildman–Crippen MR) is 70.7 cm³/mol. The van der Waals surface area contributed by atoms with Crippen molar-refractivity contribution in [2.24, 2.45) is 5.92 Å². The Morgan fingerprint density at radius 3 is 2.95 bits per heavy atom. The van der Waals surface area contributed by atoms with Crippen LogP contribution in [0, 0.1) is 16.0 Å². The van der Waals surface area contributed by atoms with Gasteiger partial charge in [0.25, 0.3) is 5.69 Å². The fourth-order valence-electron chi connectivity index (χ4n) is 2.17. The zero-order chi connectivity index (χ0) is 13.7. The number of hydrogen-bond donors (Lipinski definition) is 1. The molecule has 0 saturated carbocycles. The van der Waals surface area contributed by atoms with Gasteiger partial charge in [0.15, 0.2) is 11.5 Å². The van der Waals surface area contributed by atoms with E-state index in [4.69, 9.17) is 9.47 Å². The average Bonchev–Trinajstić information content (AvgIpc) is 2.45. The van der Waals surface area contributed by atoms with Gasteiger partial charge in [-0.25, -0.2) is 0 Å². The number of piperidine rings is 1. The van der Waals surface area contributed by atoms with Gasteiger partial charge in [-0.3, -0.25) is 10.1 Å². The number of nitrogens with one attached hydrogen (secondary N) is 1. The van der Waals surface area contributed by atoms with E-state index in [1.165, 1.54) is 19.2 Å². The first-order valence-electron chi connectivity index (χ1n) is 6.36. The normalized spacial score (nSPS) is 18.9. The molecule has 1 N–H and O–H groups in total. The second-order valence-corrected chi connectivity index (χ2v) is 4.62. The average molecular weight is 266 g/mol. The van der Waals surface area contributed by atoms with E-state index in [0.717, 1.165) is 25.9 Å². The van der Waals surface area contributed by atoms with Gasteiger partial charge in [-0.1, -0.05) is 0 Å². The van der Waals surface area contributed by atoms with E-state index in [9.17, 15) is 10.1 Å². The highest BCUT2D eigenvalue weighted by Crippen LogP contribution is 2.31. The number of methoxy groups -OCH3 is 1. The SMILES string of the molecule is COc1ccc([N+](=O)[O-])cc1OC[C@H]1CCCNC1. The summed E-state index contributed by atoms with van der Waals surface area (Å²) in [6.07, 6.45) is 2.25. The van der Waals surface area contributed by atoms with Gasteiger partial charge in [-0.2, -0.15) is 0 Å². The fraction of sp³-hybridized carbons (Fsp3) is 0.538. The molecule has 1 aromatic rings. The minimum Gasteiger partial charge on any atom is -0.493 e. The molecule has 0 radical (unpaired) electrons. The maximum atomic E-state index is 10.8. The zero-order valence-electron chi connectivity index (χ0n) is 10.9. The molecule has 0 unspecified atom stereocenters. The highest BCUT2D eigenvalue weighted by atomic mass is 16.6. The van der Waals surface area contributed by atoms with Gasteiger partial charge in [0.1, 0.15) is 0 Å². The van der Waals surface area contributed by atoms with Crippen molar-refractivity contribution in [2.45, 2.75) is 12.8 Å². The molecule has 0 aliphatic carbocycles. The van der Waals surface area contributed by atoms with Crippen molar-refractivity contribution >= 4 is 5.69 Å². The van der Waals surface area contributed by atoms with Crippen LogP contribution in [0.5, 0.6) is 11.5 Å². The van der Waals surface area contributed by atoms with Gasteiger partial charge in [0.05, 0.1) is 24.7 Å². The Kier molecular flexibility index (Phi) is 4.57. The van der Waals surface area contributed by atoms with Crippen LogP contribution in [0.2, 0.25) is 0 Å². The summed E-state index contributed by atoms with van der Waals surface area (Å²) < 4.78 is 10.8. The Morgan fingerprint density at radius 1 is 1.47 bits per heavy atom. The van der Waals surface area contributed by atoms with E-state index < -0.39 is 4.92 Å². The first-order valence-corrected chi connectivity index (χ1v) is 6.36. The molecule has 1 aromatic carbocycles. The molecule has 1 heterocycles.